The second-order valence-corrected chi connectivity index (χ2v) is 8.18. The third-order valence-electron chi connectivity index (χ3n) is 6.35. The largest absolute Gasteiger partial charge is 0.147 e. The molecule has 6 rings (SSSR count). The summed E-state index contributed by atoms with van der Waals surface area (Å²) in [5, 5.41) is 0. The van der Waals surface area contributed by atoms with Crippen molar-refractivity contribution in [1.82, 2.24) is 0 Å². The molecule has 0 saturated carbocycles. The van der Waals surface area contributed by atoms with E-state index in [9.17, 15) is 0 Å². The van der Waals surface area contributed by atoms with E-state index in [-0.39, 0.29) is 78.3 Å². The van der Waals surface area contributed by atoms with E-state index in [1.807, 2.05) is 0 Å². The van der Waals surface area contributed by atoms with Gasteiger partial charge in [0.05, 0.1) is 0 Å². The van der Waals surface area contributed by atoms with Gasteiger partial charge in [0.2, 0.25) is 0 Å². The molecule has 0 fully saturated rings. The first kappa shape index (κ1) is 29.0. The summed E-state index contributed by atoms with van der Waals surface area (Å²) in [7, 11) is 0. The number of benzene rings is 4. The molecular formula is C30H24Cl2PbZr. The molecule has 0 aliphatic heterocycles. The maximum absolute atomic E-state index is 2.39. The van der Waals surface area contributed by atoms with E-state index < -0.39 is 0 Å². The average Bonchev–Trinajstić information content (AvgIpc) is 3.43. The predicted octanol–water partition coefficient (Wildman–Crippen LogP) is 8.01. The molecule has 4 aromatic carbocycles. The summed E-state index contributed by atoms with van der Waals surface area (Å²) in [5.41, 5.74) is 13.7. The van der Waals surface area contributed by atoms with Crippen LogP contribution in [0.4, 0.5) is 0 Å². The molecule has 0 nitrogen and oxygen atoms in total. The Morgan fingerprint density at radius 3 is 1.59 bits per heavy atom. The zero-order chi connectivity index (χ0) is 19.9. The van der Waals surface area contributed by atoms with Crippen LogP contribution in [-0.4, -0.2) is 27.3 Å². The Labute approximate surface area is 253 Å². The molecule has 0 atom stereocenters. The molecule has 0 unspecified atom stereocenters. The number of halogens is 2. The van der Waals surface area contributed by atoms with Crippen LogP contribution >= 0.6 is 24.8 Å². The van der Waals surface area contributed by atoms with E-state index in [4.69, 9.17) is 0 Å². The Balaban J connectivity index is 0.00000102. The molecule has 2 aliphatic carbocycles. The Bertz CT molecular complexity index is 1340. The van der Waals surface area contributed by atoms with Gasteiger partial charge in [-0.25, -0.2) is 0 Å². The van der Waals surface area contributed by atoms with Gasteiger partial charge in [0.1, 0.15) is 0 Å². The number of fused-ring (bicyclic) bond motifs is 2. The standard InChI is InChI=1S/C30H22.2ClH.Pb.Zr/c1-2-9-21(10-3-1)28-15-8-16-29(26-17-22-11-4-5-12-23(22)18-26)30(28)27-19-24-13-6-7-14-25(24)20-27;;;;/h1-17,19H,18,20H2;2*1H;;. The third-order valence-corrected chi connectivity index (χ3v) is 6.35. The van der Waals surface area contributed by atoms with E-state index >= 15 is 0 Å². The Kier molecular flexibility index (Phi) is 10.8. The maximum Gasteiger partial charge on any atom is 0 e. The molecular weight excluding hydrogens is 730 g/mol. The molecule has 0 spiro atoms. The zero-order valence-corrected chi connectivity index (χ0v) is 26.6. The van der Waals surface area contributed by atoms with Crippen molar-refractivity contribution in [1.29, 1.82) is 0 Å². The van der Waals surface area contributed by atoms with Gasteiger partial charge in [-0.3, -0.25) is 0 Å². The summed E-state index contributed by atoms with van der Waals surface area (Å²) in [6.07, 6.45) is 6.77. The Hall–Kier alpha value is -1.25. The van der Waals surface area contributed by atoms with Crippen molar-refractivity contribution in [2.75, 3.05) is 0 Å². The third kappa shape index (κ3) is 5.44. The van der Waals surface area contributed by atoms with E-state index in [1.54, 1.807) is 0 Å². The van der Waals surface area contributed by atoms with Crippen LogP contribution in [-0.2, 0) is 39.0 Å². The van der Waals surface area contributed by atoms with Crippen molar-refractivity contribution in [3.8, 4) is 11.1 Å². The van der Waals surface area contributed by atoms with Crippen LogP contribution in [0.15, 0.2) is 97.1 Å². The number of hydrogen-bond donors (Lipinski definition) is 0. The van der Waals surface area contributed by atoms with E-state index in [1.165, 1.54) is 55.7 Å². The SMILES string of the molecule is C1=C(c2cccc(-c3ccccc3)c2C2=Cc3ccccc3C2)Cc2ccccc21.Cl.Cl.[Pb].[Zr]. The van der Waals surface area contributed by atoms with Crippen molar-refractivity contribution in [3.05, 3.63) is 130 Å². The minimum absolute atomic E-state index is 0. The molecule has 0 heterocycles. The molecule has 2 aliphatic rings. The second kappa shape index (κ2) is 12.6. The molecule has 0 N–H and O–H groups in total. The van der Waals surface area contributed by atoms with Gasteiger partial charge in [-0.05, 0) is 68.5 Å². The van der Waals surface area contributed by atoms with Crippen molar-refractivity contribution in [2.24, 2.45) is 0 Å². The summed E-state index contributed by atoms with van der Waals surface area (Å²) in [5.74, 6) is 0. The van der Waals surface area contributed by atoms with Gasteiger partial charge in [0, 0.05) is 53.5 Å². The first-order valence-corrected chi connectivity index (χ1v) is 10.6. The van der Waals surface area contributed by atoms with Crippen molar-refractivity contribution < 1.29 is 26.2 Å². The molecule has 0 bridgehead atoms. The molecule has 4 aromatic rings. The fourth-order valence-electron chi connectivity index (χ4n) is 4.92. The normalized spacial score (nSPS) is 12.5. The molecule has 0 saturated heterocycles. The quantitative estimate of drug-likeness (QED) is 0.186. The van der Waals surface area contributed by atoms with Crippen LogP contribution in [0.25, 0.3) is 34.4 Å². The second-order valence-electron chi connectivity index (χ2n) is 8.18. The minimum atomic E-state index is 0. The van der Waals surface area contributed by atoms with Gasteiger partial charge >= 0.3 is 0 Å². The van der Waals surface area contributed by atoms with Crippen LogP contribution < -0.4 is 0 Å². The Morgan fingerprint density at radius 1 is 0.471 bits per heavy atom. The van der Waals surface area contributed by atoms with Crippen molar-refractivity contribution in [3.63, 3.8) is 0 Å². The molecule has 0 aromatic heterocycles. The van der Waals surface area contributed by atoms with Crippen LogP contribution in [0.3, 0.4) is 0 Å². The summed E-state index contributed by atoms with van der Waals surface area (Å²) >= 11 is 0. The molecule has 166 valence electrons. The van der Waals surface area contributed by atoms with Gasteiger partial charge < -0.3 is 0 Å². The van der Waals surface area contributed by atoms with Crippen molar-refractivity contribution >= 4 is 75.4 Å². The minimum Gasteiger partial charge on any atom is -0.147 e. The molecule has 4 heteroatoms. The first-order valence-electron chi connectivity index (χ1n) is 10.6. The molecule has 34 heavy (non-hydrogen) atoms. The predicted molar refractivity (Wildman–Crippen MR) is 148 cm³/mol. The zero-order valence-electron chi connectivity index (χ0n) is 18.6. The van der Waals surface area contributed by atoms with Crippen LogP contribution in [0.1, 0.15) is 33.4 Å². The molecule has 0 amide bonds. The fourth-order valence-corrected chi connectivity index (χ4v) is 4.92. The Morgan fingerprint density at radius 2 is 0.971 bits per heavy atom. The number of allylic oxidation sites excluding steroid dienone is 2. The van der Waals surface area contributed by atoms with Crippen LogP contribution in [0, 0.1) is 0 Å². The summed E-state index contributed by atoms with van der Waals surface area (Å²) in [6, 6.07) is 35.2. The summed E-state index contributed by atoms with van der Waals surface area (Å²) in [6.45, 7) is 0. The van der Waals surface area contributed by atoms with Crippen LogP contribution in [0.5, 0.6) is 0 Å². The van der Waals surface area contributed by atoms with Gasteiger partial charge in [-0.15, -0.1) is 24.8 Å². The summed E-state index contributed by atoms with van der Waals surface area (Å²) < 4.78 is 0. The average molecular weight is 754 g/mol. The van der Waals surface area contributed by atoms with Crippen LogP contribution in [0.2, 0.25) is 0 Å². The van der Waals surface area contributed by atoms with Gasteiger partial charge in [-0.1, -0.05) is 109 Å². The van der Waals surface area contributed by atoms with E-state index in [0.717, 1.165) is 12.8 Å². The first-order chi connectivity index (χ1) is 14.9. The van der Waals surface area contributed by atoms with E-state index in [2.05, 4.69) is 109 Å². The maximum atomic E-state index is 2.39. The van der Waals surface area contributed by atoms with Gasteiger partial charge in [-0.2, -0.15) is 0 Å². The van der Waals surface area contributed by atoms with Crippen molar-refractivity contribution in [2.45, 2.75) is 12.8 Å². The van der Waals surface area contributed by atoms with E-state index in [0.29, 0.717) is 0 Å². The molecule has 4 radical (unpaired) electrons. The monoisotopic (exact) mass is 752 g/mol. The summed E-state index contributed by atoms with van der Waals surface area (Å²) in [4.78, 5) is 0. The topological polar surface area (TPSA) is 0 Å². The number of hydrogen-bond acceptors (Lipinski definition) is 0. The fraction of sp³-hybridized carbons (Fsp3) is 0.0667. The number of rotatable bonds is 3. The van der Waals surface area contributed by atoms with Gasteiger partial charge in [0.25, 0.3) is 0 Å². The smallest absolute Gasteiger partial charge is 0 e. The van der Waals surface area contributed by atoms with Gasteiger partial charge in [0.15, 0.2) is 0 Å².